The van der Waals surface area contributed by atoms with Crippen molar-refractivity contribution in [3.63, 3.8) is 0 Å². The molecular formula is C44H28N6. The first-order chi connectivity index (χ1) is 24.8. The Kier molecular flexibility index (Phi) is 6.39. The van der Waals surface area contributed by atoms with E-state index in [1.54, 1.807) is 0 Å². The number of hydrogen-bond acceptors (Lipinski definition) is 4. The summed E-state index contributed by atoms with van der Waals surface area (Å²) in [6.07, 6.45) is 1.85. The van der Waals surface area contributed by atoms with Gasteiger partial charge in [0.15, 0.2) is 17.5 Å². The first-order valence-corrected chi connectivity index (χ1v) is 16.7. The zero-order valence-electron chi connectivity index (χ0n) is 26.8. The van der Waals surface area contributed by atoms with Crippen molar-refractivity contribution in [2.45, 2.75) is 0 Å². The fraction of sp³-hybridized carbons (Fsp3) is 0. The molecule has 6 heteroatoms. The van der Waals surface area contributed by atoms with Gasteiger partial charge in [0.2, 0.25) is 0 Å². The third kappa shape index (κ3) is 4.50. The maximum Gasteiger partial charge on any atom is 0.164 e. The van der Waals surface area contributed by atoms with E-state index >= 15 is 0 Å². The van der Waals surface area contributed by atoms with E-state index in [-0.39, 0.29) is 0 Å². The minimum Gasteiger partial charge on any atom is -0.309 e. The monoisotopic (exact) mass is 640 g/mol. The molecule has 0 aliphatic carbocycles. The molecule has 10 rings (SSSR count). The number of rotatable bonds is 5. The molecule has 0 spiro atoms. The van der Waals surface area contributed by atoms with E-state index in [1.165, 1.54) is 27.1 Å². The van der Waals surface area contributed by atoms with Gasteiger partial charge in [0.25, 0.3) is 0 Å². The molecule has 4 heterocycles. The van der Waals surface area contributed by atoms with Gasteiger partial charge in [-0.3, -0.25) is 4.57 Å². The van der Waals surface area contributed by atoms with Crippen molar-refractivity contribution in [2.75, 3.05) is 0 Å². The topological polar surface area (TPSA) is 61.4 Å². The van der Waals surface area contributed by atoms with Crippen LogP contribution in [0.5, 0.6) is 0 Å². The Morgan fingerprint density at radius 2 is 0.820 bits per heavy atom. The van der Waals surface area contributed by atoms with Crippen molar-refractivity contribution in [3.8, 4) is 45.7 Å². The molecule has 0 bridgehead atoms. The maximum absolute atomic E-state index is 4.99. The van der Waals surface area contributed by atoms with Gasteiger partial charge in [0, 0.05) is 50.1 Å². The highest BCUT2D eigenvalue weighted by Crippen LogP contribution is 2.39. The Labute approximate surface area is 287 Å². The highest BCUT2D eigenvalue weighted by Gasteiger charge is 2.20. The van der Waals surface area contributed by atoms with Crippen molar-refractivity contribution in [1.29, 1.82) is 0 Å². The molecule has 0 aliphatic heterocycles. The van der Waals surface area contributed by atoms with Crippen LogP contribution in [-0.2, 0) is 0 Å². The summed E-state index contributed by atoms with van der Waals surface area (Å²) in [6.45, 7) is 0. The molecule has 6 aromatic carbocycles. The molecule has 50 heavy (non-hydrogen) atoms. The van der Waals surface area contributed by atoms with E-state index in [4.69, 9.17) is 19.9 Å². The fourth-order valence-corrected chi connectivity index (χ4v) is 7.15. The average Bonchev–Trinajstić information content (AvgIpc) is 3.70. The van der Waals surface area contributed by atoms with Gasteiger partial charge >= 0.3 is 0 Å². The van der Waals surface area contributed by atoms with Gasteiger partial charge in [-0.05, 0) is 48.5 Å². The summed E-state index contributed by atoms with van der Waals surface area (Å²) in [7, 11) is 0. The first kappa shape index (κ1) is 28.1. The Morgan fingerprint density at radius 3 is 1.42 bits per heavy atom. The van der Waals surface area contributed by atoms with Crippen LogP contribution in [0.3, 0.4) is 0 Å². The van der Waals surface area contributed by atoms with Crippen molar-refractivity contribution < 1.29 is 0 Å². The van der Waals surface area contributed by atoms with E-state index in [9.17, 15) is 0 Å². The minimum absolute atomic E-state index is 0.591. The number of nitrogens with zero attached hydrogens (tertiary/aromatic N) is 6. The lowest BCUT2D eigenvalue weighted by Gasteiger charge is -2.11. The van der Waals surface area contributed by atoms with Crippen molar-refractivity contribution >= 4 is 43.6 Å². The third-order valence-electron chi connectivity index (χ3n) is 9.41. The zero-order valence-corrected chi connectivity index (χ0v) is 26.8. The summed E-state index contributed by atoms with van der Waals surface area (Å²) in [6, 6.07) is 56.6. The molecule has 6 nitrogen and oxygen atoms in total. The third-order valence-corrected chi connectivity index (χ3v) is 9.41. The van der Waals surface area contributed by atoms with Crippen molar-refractivity contribution in [2.24, 2.45) is 0 Å². The molecule has 234 valence electrons. The zero-order chi connectivity index (χ0) is 33.0. The number of fused-ring (bicyclic) bond motifs is 6. The van der Waals surface area contributed by atoms with Gasteiger partial charge in [0.1, 0.15) is 5.82 Å². The normalized spacial score (nSPS) is 11.6. The fourth-order valence-electron chi connectivity index (χ4n) is 7.15. The summed E-state index contributed by atoms with van der Waals surface area (Å²) in [4.78, 5) is 19.8. The molecule has 0 unspecified atom stereocenters. The molecule has 0 radical (unpaired) electrons. The summed E-state index contributed by atoms with van der Waals surface area (Å²) in [5, 5.41) is 4.79. The molecular weight excluding hydrogens is 613 g/mol. The van der Waals surface area contributed by atoms with Gasteiger partial charge in [-0.25, -0.2) is 19.9 Å². The number of aromatic nitrogens is 6. The number of para-hydroxylation sites is 3. The summed E-state index contributed by atoms with van der Waals surface area (Å²) < 4.78 is 4.62. The van der Waals surface area contributed by atoms with E-state index in [0.29, 0.717) is 17.5 Å². The summed E-state index contributed by atoms with van der Waals surface area (Å²) in [5.74, 6) is 2.63. The Bertz CT molecular complexity index is 2800. The first-order valence-electron chi connectivity index (χ1n) is 16.7. The molecule has 0 aliphatic rings. The van der Waals surface area contributed by atoms with Gasteiger partial charge in [0.05, 0.1) is 22.1 Å². The summed E-state index contributed by atoms with van der Waals surface area (Å²) >= 11 is 0. The second kappa shape index (κ2) is 11.4. The molecule has 4 aromatic heterocycles. The van der Waals surface area contributed by atoms with Crippen LogP contribution in [0.4, 0.5) is 0 Å². The Hall–Kier alpha value is -6.92. The average molecular weight is 641 g/mol. The standard InChI is InChI=1S/C44H28N6/c1-4-14-29(15-5-1)42-46-43(30-16-6-2-7-17-30)48-44(47-42)31-24-25-45-41(26-31)50-38-23-13-11-21-34(38)36-27-35-33-20-10-12-22-37(33)49(39(35)28-40(36)50)32-18-8-3-9-19-32/h1-28H. The van der Waals surface area contributed by atoms with Crippen LogP contribution in [0, 0.1) is 0 Å². The van der Waals surface area contributed by atoms with Gasteiger partial charge in [-0.15, -0.1) is 0 Å². The van der Waals surface area contributed by atoms with Crippen LogP contribution >= 0.6 is 0 Å². The van der Waals surface area contributed by atoms with Crippen LogP contribution in [0.25, 0.3) is 89.3 Å². The van der Waals surface area contributed by atoms with Crippen molar-refractivity contribution in [3.05, 3.63) is 170 Å². The lowest BCUT2D eigenvalue weighted by Crippen LogP contribution is -2.02. The lowest BCUT2D eigenvalue weighted by molar-refractivity contribution is 1.05. The quantitative estimate of drug-likeness (QED) is 0.188. The van der Waals surface area contributed by atoms with E-state index in [2.05, 4.69) is 106 Å². The minimum atomic E-state index is 0.591. The number of benzene rings is 6. The molecule has 0 saturated heterocycles. The van der Waals surface area contributed by atoms with E-state index < -0.39 is 0 Å². The van der Waals surface area contributed by atoms with Gasteiger partial charge < -0.3 is 4.57 Å². The predicted octanol–water partition coefficient (Wildman–Crippen LogP) is 10.5. The molecule has 0 N–H and O–H groups in total. The van der Waals surface area contributed by atoms with E-state index in [0.717, 1.165) is 44.7 Å². The van der Waals surface area contributed by atoms with E-state index in [1.807, 2.05) is 72.9 Å². The second-order valence-electron chi connectivity index (χ2n) is 12.4. The largest absolute Gasteiger partial charge is 0.309 e. The smallest absolute Gasteiger partial charge is 0.164 e. The van der Waals surface area contributed by atoms with Gasteiger partial charge in [-0.1, -0.05) is 115 Å². The van der Waals surface area contributed by atoms with Crippen LogP contribution in [0.1, 0.15) is 0 Å². The Balaban J connectivity index is 1.22. The van der Waals surface area contributed by atoms with Crippen LogP contribution in [0.15, 0.2) is 170 Å². The molecule has 0 amide bonds. The van der Waals surface area contributed by atoms with Gasteiger partial charge in [-0.2, -0.15) is 0 Å². The maximum atomic E-state index is 4.99. The van der Waals surface area contributed by atoms with Crippen LogP contribution in [0.2, 0.25) is 0 Å². The van der Waals surface area contributed by atoms with Crippen molar-refractivity contribution in [1.82, 2.24) is 29.1 Å². The lowest BCUT2D eigenvalue weighted by atomic mass is 10.1. The SMILES string of the molecule is c1ccc(-c2nc(-c3ccccc3)nc(-c3ccnc(-n4c5ccccc5c5cc6c7ccccc7n(-c7ccccc7)c6cc54)c3)n2)cc1. The van der Waals surface area contributed by atoms with Crippen LogP contribution in [-0.4, -0.2) is 29.1 Å². The molecule has 10 aromatic rings. The highest BCUT2D eigenvalue weighted by molar-refractivity contribution is 6.19. The number of hydrogen-bond donors (Lipinski definition) is 0. The Morgan fingerprint density at radius 1 is 0.340 bits per heavy atom. The predicted molar refractivity (Wildman–Crippen MR) is 203 cm³/mol. The highest BCUT2D eigenvalue weighted by atomic mass is 15.1. The molecule has 0 saturated carbocycles. The molecule has 0 fully saturated rings. The second-order valence-corrected chi connectivity index (χ2v) is 12.4. The van der Waals surface area contributed by atoms with Crippen LogP contribution < -0.4 is 0 Å². The number of pyridine rings is 1. The molecule has 0 atom stereocenters. The summed E-state index contributed by atoms with van der Waals surface area (Å²) in [5.41, 5.74) is 8.33.